The van der Waals surface area contributed by atoms with Gasteiger partial charge in [-0.2, -0.15) is 5.10 Å². The van der Waals surface area contributed by atoms with Crippen LogP contribution in [0.4, 0.5) is 0 Å². The summed E-state index contributed by atoms with van der Waals surface area (Å²) < 4.78 is 12.8. The van der Waals surface area contributed by atoms with Gasteiger partial charge >= 0.3 is 5.97 Å². The lowest BCUT2D eigenvalue weighted by atomic mass is 9.88. The first-order chi connectivity index (χ1) is 11.1. The molecule has 1 aromatic heterocycles. The van der Waals surface area contributed by atoms with E-state index in [2.05, 4.69) is 10.00 Å². The lowest BCUT2D eigenvalue weighted by Crippen LogP contribution is -2.51. The second kappa shape index (κ2) is 7.01. The number of methoxy groups -OCH3 is 1. The van der Waals surface area contributed by atoms with Crippen LogP contribution in [0.5, 0.6) is 0 Å². The zero-order valence-electron chi connectivity index (χ0n) is 14.3. The minimum Gasteiger partial charge on any atom is -0.468 e. The van der Waals surface area contributed by atoms with E-state index in [0.717, 1.165) is 25.3 Å². The molecule has 1 unspecified atom stereocenters. The van der Waals surface area contributed by atoms with Crippen molar-refractivity contribution in [3.05, 3.63) is 18.0 Å². The van der Waals surface area contributed by atoms with E-state index < -0.39 is 0 Å². The second-order valence-corrected chi connectivity index (χ2v) is 6.70. The molecule has 1 saturated heterocycles. The first-order valence-electron chi connectivity index (χ1n) is 8.55. The standard InChI is InChI=1S/C17H27N3O3/c1-12(17(21)22-3)20(14-5-4-6-14)11-13-8-10-23-16(13)15-7-9-18-19(15)2/h7,9,12-14,16H,4-6,8,10-11H2,1-3H3/t12?,13-,16+/m0/s1. The van der Waals surface area contributed by atoms with Crippen molar-refractivity contribution in [3.8, 4) is 0 Å². The number of aryl methyl sites for hydroxylation is 1. The number of carbonyl (C=O) groups excluding carboxylic acids is 1. The lowest BCUT2D eigenvalue weighted by molar-refractivity contribution is -0.148. The molecule has 6 nitrogen and oxygen atoms in total. The van der Waals surface area contributed by atoms with Crippen molar-refractivity contribution in [3.63, 3.8) is 0 Å². The Labute approximate surface area is 137 Å². The van der Waals surface area contributed by atoms with E-state index in [1.165, 1.54) is 26.4 Å². The third kappa shape index (κ3) is 3.28. The fraction of sp³-hybridized carbons (Fsp3) is 0.765. The van der Waals surface area contributed by atoms with E-state index in [0.29, 0.717) is 12.0 Å². The normalized spacial score (nSPS) is 26.3. The molecule has 0 aromatic carbocycles. The maximum atomic E-state index is 12.0. The number of esters is 1. The summed E-state index contributed by atoms with van der Waals surface area (Å²) in [4.78, 5) is 14.4. The minimum absolute atomic E-state index is 0.0647. The number of hydrogen-bond donors (Lipinski definition) is 0. The van der Waals surface area contributed by atoms with Gasteiger partial charge in [-0.3, -0.25) is 14.4 Å². The molecule has 0 spiro atoms. The van der Waals surface area contributed by atoms with Gasteiger partial charge < -0.3 is 9.47 Å². The molecule has 2 heterocycles. The fourth-order valence-corrected chi connectivity index (χ4v) is 3.73. The molecule has 6 heteroatoms. The Morgan fingerprint density at radius 3 is 2.87 bits per heavy atom. The average Bonchev–Trinajstić information content (AvgIpc) is 3.11. The summed E-state index contributed by atoms with van der Waals surface area (Å²) in [6.45, 7) is 3.60. The van der Waals surface area contributed by atoms with Gasteiger partial charge in [0.25, 0.3) is 0 Å². The van der Waals surface area contributed by atoms with Crippen LogP contribution < -0.4 is 0 Å². The number of rotatable bonds is 6. The van der Waals surface area contributed by atoms with E-state index in [9.17, 15) is 4.79 Å². The molecule has 1 aromatic rings. The Kier molecular flexibility index (Phi) is 5.02. The summed E-state index contributed by atoms with van der Waals surface area (Å²) in [7, 11) is 3.42. The Morgan fingerprint density at radius 2 is 2.30 bits per heavy atom. The molecular formula is C17H27N3O3. The molecule has 3 atom stereocenters. The van der Waals surface area contributed by atoms with Gasteiger partial charge in [-0.25, -0.2) is 0 Å². The quantitative estimate of drug-likeness (QED) is 0.749. The second-order valence-electron chi connectivity index (χ2n) is 6.70. The summed E-state index contributed by atoms with van der Waals surface area (Å²) in [5.41, 5.74) is 1.12. The van der Waals surface area contributed by atoms with E-state index in [1.54, 1.807) is 0 Å². The number of carbonyl (C=O) groups is 1. The Balaban J connectivity index is 1.73. The summed E-state index contributed by atoms with van der Waals surface area (Å²) >= 11 is 0. The molecule has 2 fully saturated rings. The van der Waals surface area contributed by atoms with Crippen molar-refractivity contribution in [2.75, 3.05) is 20.3 Å². The van der Waals surface area contributed by atoms with E-state index >= 15 is 0 Å². The third-order valence-electron chi connectivity index (χ3n) is 5.39. The van der Waals surface area contributed by atoms with Crippen molar-refractivity contribution in [2.24, 2.45) is 13.0 Å². The molecule has 1 aliphatic carbocycles. The van der Waals surface area contributed by atoms with Crippen LogP contribution >= 0.6 is 0 Å². The maximum absolute atomic E-state index is 12.0. The van der Waals surface area contributed by atoms with Crippen LogP contribution in [0.25, 0.3) is 0 Å². The molecule has 23 heavy (non-hydrogen) atoms. The van der Waals surface area contributed by atoms with E-state index in [4.69, 9.17) is 9.47 Å². The highest BCUT2D eigenvalue weighted by atomic mass is 16.5. The van der Waals surface area contributed by atoms with Gasteiger partial charge in [0.15, 0.2) is 0 Å². The summed E-state index contributed by atoms with van der Waals surface area (Å²) in [6, 6.07) is 2.33. The van der Waals surface area contributed by atoms with Crippen LogP contribution in [0.2, 0.25) is 0 Å². The molecule has 0 amide bonds. The molecule has 0 radical (unpaired) electrons. The third-order valence-corrected chi connectivity index (χ3v) is 5.39. The van der Waals surface area contributed by atoms with E-state index in [-0.39, 0.29) is 18.1 Å². The Hall–Kier alpha value is -1.40. The minimum atomic E-state index is -0.196. The van der Waals surface area contributed by atoms with Crippen molar-refractivity contribution in [1.29, 1.82) is 0 Å². The van der Waals surface area contributed by atoms with Gasteiger partial charge in [-0.1, -0.05) is 6.42 Å². The summed E-state index contributed by atoms with van der Waals surface area (Å²) in [5, 5.41) is 4.26. The van der Waals surface area contributed by atoms with Crippen molar-refractivity contribution in [1.82, 2.24) is 14.7 Å². The zero-order valence-corrected chi connectivity index (χ0v) is 14.3. The van der Waals surface area contributed by atoms with Crippen LogP contribution in [-0.4, -0.2) is 53.0 Å². The van der Waals surface area contributed by atoms with Crippen molar-refractivity contribution >= 4 is 5.97 Å². The van der Waals surface area contributed by atoms with Gasteiger partial charge in [0.1, 0.15) is 12.1 Å². The first-order valence-corrected chi connectivity index (χ1v) is 8.55. The highest BCUT2D eigenvalue weighted by molar-refractivity contribution is 5.75. The maximum Gasteiger partial charge on any atom is 0.322 e. The molecule has 1 aliphatic heterocycles. The largest absolute Gasteiger partial charge is 0.468 e. The SMILES string of the molecule is COC(=O)C(C)N(C[C@@H]1CCO[C@H]1c1ccnn1C)C1CCC1. The molecule has 1 saturated carbocycles. The molecule has 2 aliphatic rings. The molecular weight excluding hydrogens is 294 g/mol. The summed E-state index contributed by atoms with van der Waals surface area (Å²) in [6.07, 6.45) is 6.50. The van der Waals surface area contributed by atoms with Crippen LogP contribution in [0.1, 0.15) is 44.4 Å². The highest BCUT2D eigenvalue weighted by Gasteiger charge is 2.38. The predicted octanol–water partition coefficient (Wildman–Crippen LogP) is 1.91. The zero-order chi connectivity index (χ0) is 16.4. The summed E-state index contributed by atoms with van der Waals surface area (Å²) in [5.74, 6) is 0.242. The van der Waals surface area contributed by atoms with E-state index in [1.807, 2.05) is 30.9 Å². The smallest absolute Gasteiger partial charge is 0.322 e. The van der Waals surface area contributed by atoms with Crippen molar-refractivity contribution < 1.29 is 14.3 Å². The van der Waals surface area contributed by atoms with Crippen molar-refractivity contribution in [2.45, 2.75) is 50.8 Å². The highest BCUT2D eigenvalue weighted by Crippen LogP contribution is 2.37. The van der Waals surface area contributed by atoms with Crippen LogP contribution in [0.3, 0.4) is 0 Å². The Bertz CT molecular complexity index is 541. The lowest BCUT2D eigenvalue weighted by Gasteiger charge is -2.42. The first kappa shape index (κ1) is 16.5. The molecule has 128 valence electrons. The molecule has 3 rings (SSSR count). The van der Waals surface area contributed by atoms with Crippen LogP contribution in [0.15, 0.2) is 12.3 Å². The van der Waals surface area contributed by atoms with Gasteiger partial charge in [0.2, 0.25) is 0 Å². The monoisotopic (exact) mass is 321 g/mol. The molecule has 0 N–H and O–H groups in total. The van der Waals surface area contributed by atoms with Gasteiger partial charge in [-0.05, 0) is 32.3 Å². The number of nitrogens with zero attached hydrogens (tertiary/aromatic N) is 3. The average molecular weight is 321 g/mol. The Morgan fingerprint density at radius 1 is 1.52 bits per heavy atom. The van der Waals surface area contributed by atoms with Crippen LogP contribution in [0, 0.1) is 5.92 Å². The topological polar surface area (TPSA) is 56.6 Å². The predicted molar refractivity (Wildman–Crippen MR) is 85.8 cm³/mol. The molecule has 0 bridgehead atoms. The number of hydrogen-bond acceptors (Lipinski definition) is 5. The number of ether oxygens (including phenoxy) is 2. The van der Waals surface area contributed by atoms with Crippen LogP contribution in [-0.2, 0) is 21.3 Å². The fourth-order valence-electron chi connectivity index (χ4n) is 3.73. The van der Waals surface area contributed by atoms with Gasteiger partial charge in [0.05, 0.1) is 12.8 Å². The van der Waals surface area contributed by atoms with Gasteiger partial charge in [-0.15, -0.1) is 0 Å². The number of aromatic nitrogens is 2. The van der Waals surface area contributed by atoms with Gasteiger partial charge in [0, 0.05) is 38.4 Å².